The van der Waals surface area contributed by atoms with E-state index in [0.29, 0.717) is 29.4 Å². The number of nitrogens with two attached hydrogens (primary N) is 1. The van der Waals surface area contributed by atoms with Crippen molar-refractivity contribution in [3.8, 4) is 11.5 Å². The van der Waals surface area contributed by atoms with Gasteiger partial charge in [-0.15, -0.1) is 0 Å². The molecule has 1 fully saturated rings. The number of carbonyl (C=O) groups excluding carboxylic acids is 2. The van der Waals surface area contributed by atoms with Gasteiger partial charge < -0.3 is 25.8 Å². The third kappa shape index (κ3) is 4.49. The number of piperidine rings is 1. The van der Waals surface area contributed by atoms with E-state index in [4.69, 9.17) is 15.2 Å². The fourth-order valence-electron chi connectivity index (χ4n) is 3.37. The zero-order chi connectivity index (χ0) is 20.0. The number of nitrogens with one attached hydrogen (secondary N) is 2. The molecule has 1 aliphatic rings. The third-order valence-electron chi connectivity index (χ3n) is 4.96. The van der Waals surface area contributed by atoms with E-state index >= 15 is 0 Å². The topological polar surface area (TPSA) is 103 Å². The van der Waals surface area contributed by atoms with Crippen molar-refractivity contribution in [2.75, 3.05) is 32.1 Å². The Morgan fingerprint density at radius 2 is 1.79 bits per heavy atom. The largest absolute Gasteiger partial charge is 0.457 e. The highest BCUT2D eigenvalue weighted by molar-refractivity contribution is 5.96. The molecule has 2 amide bonds. The SMILES string of the molecule is COCC1(C(=O)Nc2ccc(Oc3ccccc3C(N)=O)cc2)CCNCC1. The highest BCUT2D eigenvalue weighted by Gasteiger charge is 2.39. The summed E-state index contributed by atoms with van der Waals surface area (Å²) in [5.41, 5.74) is 5.84. The summed E-state index contributed by atoms with van der Waals surface area (Å²) < 4.78 is 11.1. The lowest BCUT2D eigenvalue weighted by Crippen LogP contribution is -2.47. The molecule has 2 aromatic rings. The Hall–Kier alpha value is -2.90. The number of benzene rings is 2. The molecule has 2 aromatic carbocycles. The third-order valence-corrected chi connectivity index (χ3v) is 4.96. The molecule has 7 nitrogen and oxygen atoms in total. The van der Waals surface area contributed by atoms with E-state index in [2.05, 4.69) is 10.6 Å². The normalized spacial score (nSPS) is 15.6. The fourth-order valence-corrected chi connectivity index (χ4v) is 3.37. The molecule has 0 radical (unpaired) electrons. The number of ether oxygens (including phenoxy) is 2. The Balaban J connectivity index is 1.69. The van der Waals surface area contributed by atoms with Gasteiger partial charge in [-0.1, -0.05) is 12.1 Å². The number of rotatable bonds is 7. The van der Waals surface area contributed by atoms with Crippen molar-refractivity contribution < 1.29 is 19.1 Å². The molecule has 7 heteroatoms. The van der Waals surface area contributed by atoms with Crippen LogP contribution in [0.3, 0.4) is 0 Å². The lowest BCUT2D eigenvalue weighted by Gasteiger charge is -2.35. The van der Waals surface area contributed by atoms with E-state index < -0.39 is 11.3 Å². The standard InChI is InChI=1S/C21H25N3O4/c1-27-14-21(10-12-23-13-11-21)20(26)24-15-6-8-16(9-7-15)28-18-5-3-2-4-17(18)19(22)25/h2-9,23H,10-14H2,1H3,(H2,22,25)(H,24,26). The summed E-state index contributed by atoms with van der Waals surface area (Å²) in [6.07, 6.45) is 1.47. The number of primary amides is 1. The van der Waals surface area contributed by atoms with E-state index in [1.165, 1.54) is 0 Å². The molecule has 0 aliphatic carbocycles. The predicted octanol–water partition coefficient (Wildman–Crippen LogP) is 2.53. The molecule has 4 N–H and O–H groups in total. The molecule has 0 atom stereocenters. The van der Waals surface area contributed by atoms with Crippen molar-refractivity contribution in [2.45, 2.75) is 12.8 Å². The summed E-state index contributed by atoms with van der Waals surface area (Å²) in [6.45, 7) is 1.98. The Kier molecular flexibility index (Phi) is 6.28. The monoisotopic (exact) mass is 383 g/mol. The van der Waals surface area contributed by atoms with E-state index in [-0.39, 0.29) is 5.91 Å². The highest BCUT2D eigenvalue weighted by atomic mass is 16.5. The first-order valence-electron chi connectivity index (χ1n) is 9.22. The molecule has 0 saturated carbocycles. The molecule has 0 bridgehead atoms. The molecule has 0 unspecified atom stereocenters. The van der Waals surface area contributed by atoms with Crippen LogP contribution < -0.4 is 21.1 Å². The zero-order valence-electron chi connectivity index (χ0n) is 15.9. The van der Waals surface area contributed by atoms with E-state index in [9.17, 15) is 9.59 Å². The Labute approximate surface area is 164 Å². The lowest BCUT2D eigenvalue weighted by molar-refractivity contribution is -0.130. The summed E-state index contributed by atoms with van der Waals surface area (Å²) in [7, 11) is 1.62. The maximum atomic E-state index is 12.9. The van der Waals surface area contributed by atoms with Crippen LogP contribution in [0, 0.1) is 5.41 Å². The van der Waals surface area contributed by atoms with Gasteiger partial charge in [0.15, 0.2) is 0 Å². The van der Waals surface area contributed by atoms with Gasteiger partial charge in [0.25, 0.3) is 5.91 Å². The molecule has 28 heavy (non-hydrogen) atoms. The van der Waals surface area contributed by atoms with Crippen LogP contribution in [0.25, 0.3) is 0 Å². The molecule has 3 rings (SSSR count). The Bertz CT molecular complexity index is 824. The second-order valence-corrected chi connectivity index (χ2v) is 6.90. The lowest BCUT2D eigenvalue weighted by atomic mass is 9.78. The van der Waals surface area contributed by atoms with Gasteiger partial charge in [0.1, 0.15) is 11.5 Å². The second kappa shape index (κ2) is 8.86. The highest BCUT2D eigenvalue weighted by Crippen LogP contribution is 2.31. The minimum Gasteiger partial charge on any atom is -0.457 e. The number of anilines is 1. The number of para-hydroxylation sites is 1. The number of carbonyl (C=O) groups is 2. The van der Waals surface area contributed by atoms with Crippen molar-refractivity contribution in [3.05, 3.63) is 54.1 Å². The smallest absolute Gasteiger partial charge is 0.252 e. The van der Waals surface area contributed by atoms with Gasteiger partial charge in [0, 0.05) is 12.8 Å². The van der Waals surface area contributed by atoms with Crippen molar-refractivity contribution in [1.29, 1.82) is 0 Å². The average Bonchev–Trinajstić information content (AvgIpc) is 2.70. The molecule has 1 heterocycles. The van der Waals surface area contributed by atoms with Gasteiger partial charge in [-0.3, -0.25) is 9.59 Å². The number of methoxy groups -OCH3 is 1. The van der Waals surface area contributed by atoms with Crippen LogP contribution in [0.1, 0.15) is 23.2 Å². The minimum absolute atomic E-state index is 0.0383. The van der Waals surface area contributed by atoms with Crippen LogP contribution in [-0.2, 0) is 9.53 Å². The van der Waals surface area contributed by atoms with Gasteiger partial charge in [-0.05, 0) is 62.3 Å². The predicted molar refractivity (Wildman–Crippen MR) is 107 cm³/mol. The molecule has 1 aliphatic heterocycles. The Morgan fingerprint density at radius 3 is 2.43 bits per heavy atom. The maximum absolute atomic E-state index is 12.9. The molecule has 148 valence electrons. The van der Waals surface area contributed by atoms with Gasteiger partial charge >= 0.3 is 0 Å². The molecule has 0 spiro atoms. The summed E-state index contributed by atoms with van der Waals surface area (Å²) in [4.78, 5) is 24.4. The quantitative estimate of drug-likeness (QED) is 0.682. The number of hydrogen-bond acceptors (Lipinski definition) is 5. The van der Waals surface area contributed by atoms with Gasteiger partial charge in [-0.2, -0.15) is 0 Å². The van der Waals surface area contributed by atoms with Crippen LogP contribution >= 0.6 is 0 Å². The van der Waals surface area contributed by atoms with Gasteiger partial charge in [0.2, 0.25) is 5.91 Å². The molecular formula is C21H25N3O4. The molecule has 0 aromatic heterocycles. The average molecular weight is 383 g/mol. The minimum atomic E-state index is -0.551. The van der Waals surface area contributed by atoms with Crippen LogP contribution in [0.2, 0.25) is 0 Å². The Morgan fingerprint density at radius 1 is 1.11 bits per heavy atom. The van der Waals surface area contributed by atoms with Gasteiger partial charge in [0.05, 0.1) is 17.6 Å². The summed E-state index contributed by atoms with van der Waals surface area (Å²) in [6, 6.07) is 13.8. The van der Waals surface area contributed by atoms with Crippen LogP contribution in [-0.4, -0.2) is 38.6 Å². The number of hydrogen-bond donors (Lipinski definition) is 3. The summed E-state index contributed by atoms with van der Waals surface area (Å²) in [5, 5.41) is 6.26. The molecule has 1 saturated heterocycles. The van der Waals surface area contributed by atoms with Crippen LogP contribution in [0.15, 0.2) is 48.5 Å². The van der Waals surface area contributed by atoms with Crippen molar-refractivity contribution in [1.82, 2.24) is 5.32 Å². The van der Waals surface area contributed by atoms with E-state index in [1.54, 1.807) is 55.6 Å². The van der Waals surface area contributed by atoms with E-state index in [1.807, 2.05) is 0 Å². The van der Waals surface area contributed by atoms with E-state index in [0.717, 1.165) is 25.9 Å². The van der Waals surface area contributed by atoms with Crippen LogP contribution in [0.5, 0.6) is 11.5 Å². The summed E-state index contributed by atoms with van der Waals surface area (Å²) in [5.74, 6) is 0.342. The molecular weight excluding hydrogens is 358 g/mol. The zero-order valence-corrected chi connectivity index (χ0v) is 15.9. The first-order chi connectivity index (χ1) is 13.5. The van der Waals surface area contributed by atoms with Gasteiger partial charge in [-0.25, -0.2) is 0 Å². The van der Waals surface area contributed by atoms with Crippen molar-refractivity contribution in [2.24, 2.45) is 11.1 Å². The van der Waals surface area contributed by atoms with Crippen molar-refractivity contribution in [3.63, 3.8) is 0 Å². The maximum Gasteiger partial charge on any atom is 0.252 e. The first-order valence-corrected chi connectivity index (χ1v) is 9.22. The fraction of sp³-hybridized carbons (Fsp3) is 0.333. The second-order valence-electron chi connectivity index (χ2n) is 6.90. The van der Waals surface area contributed by atoms with Crippen LogP contribution in [0.4, 0.5) is 5.69 Å². The first kappa shape index (κ1) is 19.9. The number of amides is 2. The summed E-state index contributed by atoms with van der Waals surface area (Å²) >= 11 is 0. The van der Waals surface area contributed by atoms with Crippen molar-refractivity contribution >= 4 is 17.5 Å².